The molecule has 2 aliphatic rings. The summed E-state index contributed by atoms with van der Waals surface area (Å²) >= 11 is 0. The molecule has 1 fully saturated rings. The zero-order valence-corrected chi connectivity index (χ0v) is 22.3. The third kappa shape index (κ3) is 4.96. The van der Waals surface area contributed by atoms with Crippen molar-refractivity contribution in [1.29, 1.82) is 0 Å². The summed E-state index contributed by atoms with van der Waals surface area (Å²) in [4.78, 5) is 54.9. The van der Waals surface area contributed by atoms with Crippen LogP contribution in [0.2, 0.25) is 0 Å². The molecule has 2 aliphatic heterocycles. The Labute approximate surface area is 220 Å². The average molecular weight is 530 g/mol. The highest BCUT2D eigenvalue weighted by Crippen LogP contribution is 2.41. The van der Waals surface area contributed by atoms with E-state index in [1.807, 2.05) is 27.7 Å². The van der Waals surface area contributed by atoms with Gasteiger partial charge < -0.3 is 19.5 Å². The predicted octanol–water partition coefficient (Wildman–Crippen LogP) is 4.00. The number of esters is 1. The molecule has 10 heteroatoms. The Hall–Kier alpha value is -3.56. The van der Waals surface area contributed by atoms with Crippen LogP contribution in [0.4, 0.5) is 8.78 Å². The first-order valence-corrected chi connectivity index (χ1v) is 12.9. The summed E-state index contributed by atoms with van der Waals surface area (Å²) in [7, 11) is 0. The lowest BCUT2D eigenvalue weighted by molar-refractivity contribution is -0.135. The highest BCUT2D eigenvalue weighted by molar-refractivity contribution is 6.00. The van der Waals surface area contributed by atoms with Crippen molar-refractivity contribution < 1.29 is 27.9 Å². The second kappa shape index (κ2) is 10.3. The molecular weight excluding hydrogens is 496 g/mol. The fraction of sp³-hybridized carbons (Fsp3) is 0.500. The van der Waals surface area contributed by atoms with Crippen molar-refractivity contribution in [1.82, 2.24) is 14.8 Å². The molecular formula is C28H33F2N3O5. The standard InChI is InChI=1S/C28H33F2N3O5/c1-15(2)10-22(34)38-25-23-27(37)32-14-28(5,16(3)6-7-17(32)4)33(23)13-20(24(25)35)26(36)31-12-18-8-9-19(29)11-21(18)30/h8-9,11,13,15-17H,6-7,10,12,14H2,1-5H3,(H,31,36). The van der Waals surface area contributed by atoms with Gasteiger partial charge in [-0.05, 0) is 44.6 Å². The molecule has 3 atom stereocenters. The Morgan fingerprint density at radius 1 is 1.18 bits per heavy atom. The molecule has 3 unspecified atom stereocenters. The number of hydrogen-bond donors (Lipinski definition) is 1. The molecule has 0 aliphatic carbocycles. The van der Waals surface area contributed by atoms with E-state index in [0.717, 1.165) is 18.9 Å². The SMILES string of the molecule is CC(C)CC(=O)Oc1c2n(cc(C(=O)NCc3ccc(F)cc3F)c1=O)C1(C)CN(C2=O)C(C)CCC1C. The van der Waals surface area contributed by atoms with E-state index in [2.05, 4.69) is 12.2 Å². The van der Waals surface area contributed by atoms with Crippen LogP contribution in [0.3, 0.4) is 0 Å². The van der Waals surface area contributed by atoms with E-state index < -0.39 is 46.1 Å². The lowest BCUT2D eigenvalue weighted by atomic mass is 9.82. The Morgan fingerprint density at radius 3 is 2.55 bits per heavy atom. The van der Waals surface area contributed by atoms with Crippen molar-refractivity contribution in [3.63, 3.8) is 0 Å². The number of halogens is 2. The number of ether oxygens (including phenoxy) is 1. The van der Waals surface area contributed by atoms with Gasteiger partial charge in [-0.3, -0.25) is 19.2 Å². The van der Waals surface area contributed by atoms with Crippen molar-refractivity contribution in [2.24, 2.45) is 11.8 Å². The molecule has 3 heterocycles. The van der Waals surface area contributed by atoms with E-state index in [9.17, 15) is 28.0 Å². The number of carbonyl (C=O) groups is 3. The smallest absolute Gasteiger partial charge is 0.311 e. The molecule has 1 aromatic carbocycles. The number of amides is 2. The Balaban J connectivity index is 1.83. The molecule has 2 bridgehead atoms. The molecule has 2 aromatic rings. The number of nitrogens with zero attached hydrogens (tertiary/aromatic N) is 2. The maximum absolute atomic E-state index is 14.1. The van der Waals surface area contributed by atoms with Crippen molar-refractivity contribution in [3.8, 4) is 5.75 Å². The van der Waals surface area contributed by atoms with Gasteiger partial charge in [-0.25, -0.2) is 8.78 Å². The van der Waals surface area contributed by atoms with Crippen molar-refractivity contribution in [3.05, 3.63) is 63.1 Å². The zero-order valence-electron chi connectivity index (χ0n) is 22.3. The number of fused-ring (bicyclic) bond motifs is 4. The topological polar surface area (TPSA) is 97.7 Å². The van der Waals surface area contributed by atoms with E-state index in [1.54, 1.807) is 9.47 Å². The average Bonchev–Trinajstić information content (AvgIpc) is 2.93. The number of hydrogen-bond acceptors (Lipinski definition) is 5. The van der Waals surface area contributed by atoms with E-state index in [1.165, 1.54) is 12.3 Å². The Kier molecular flexibility index (Phi) is 7.45. The van der Waals surface area contributed by atoms with Gasteiger partial charge in [0.2, 0.25) is 11.2 Å². The molecule has 1 aromatic heterocycles. The van der Waals surface area contributed by atoms with E-state index in [0.29, 0.717) is 12.6 Å². The molecule has 38 heavy (non-hydrogen) atoms. The summed E-state index contributed by atoms with van der Waals surface area (Å²) in [6, 6.07) is 2.89. The highest BCUT2D eigenvalue weighted by Gasteiger charge is 2.48. The first kappa shape index (κ1) is 27.5. The second-order valence-electron chi connectivity index (χ2n) is 11.0. The Morgan fingerprint density at radius 2 is 1.89 bits per heavy atom. The number of pyridine rings is 1. The quantitative estimate of drug-likeness (QED) is 0.571. The van der Waals surface area contributed by atoms with Gasteiger partial charge in [-0.1, -0.05) is 26.8 Å². The minimum Gasteiger partial charge on any atom is -0.420 e. The van der Waals surface area contributed by atoms with Crippen LogP contribution in [0.5, 0.6) is 5.75 Å². The maximum atomic E-state index is 14.1. The van der Waals surface area contributed by atoms with E-state index in [-0.39, 0.29) is 47.7 Å². The summed E-state index contributed by atoms with van der Waals surface area (Å²) in [5.41, 5.74) is -1.94. The van der Waals surface area contributed by atoms with Crippen molar-refractivity contribution >= 4 is 17.8 Å². The van der Waals surface area contributed by atoms with Crippen LogP contribution >= 0.6 is 0 Å². The van der Waals surface area contributed by atoms with Gasteiger partial charge in [0.15, 0.2) is 5.69 Å². The van der Waals surface area contributed by atoms with E-state index >= 15 is 0 Å². The van der Waals surface area contributed by atoms with Gasteiger partial charge in [0.05, 0.1) is 5.54 Å². The predicted molar refractivity (Wildman–Crippen MR) is 136 cm³/mol. The Bertz CT molecular complexity index is 1350. The molecule has 1 N–H and O–H groups in total. The fourth-order valence-electron chi connectivity index (χ4n) is 5.21. The van der Waals surface area contributed by atoms with Crippen LogP contribution in [-0.4, -0.2) is 39.8 Å². The first-order chi connectivity index (χ1) is 17.8. The third-order valence-corrected chi connectivity index (χ3v) is 7.77. The lowest BCUT2D eigenvalue weighted by Gasteiger charge is -2.46. The van der Waals surface area contributed by atoms with E-state index in [4.69, 9.17) is 4.74 Å². The van der Waals surface area contributed by atoms with Crippen molar-refractivity contribution in [2.75, 3.05) is 6.54 Å². The van der Waals surface area contributed by atoms with Gasteiger partial charge >= 0.3 is 5.97 Å². The number of nitrogens with one attached hydrogen (secondary N) is 1. The lowest BCUT2D eigenvalue weighted by Crippen LogP contribution is -2.56. The summed E-state index contributed by atoms with van der Waals surface area (Å²) in [5, 5.41) is 2.50. The van der Waals surface area contributed by atoms with Gasteiger partial charge in [-0.15, -0.1) is 0 Å². The number of carbonyl (C=O) groups excluding carboxylic acids is 3. The third-order valence-electron chi connectivity index (χ3n) is 7.77. The monoisotopic (exact) mass is 529 g/mol. The number of benzene rings is 1. The summed E-state index contributed by atoms with van der Waals surface area (Å²) in [6.45, 7) is 9.66. The van der Waals surface area contributed by atoms with Crippen LogP contribution < -0.4 is 15.5 Å². The summed E-state index contributed by atoms with van der Waals surface area (Å²) < 4.78 is 34.5. The molecule has 204 valence electrons. The second-order valence-corrected chi connectivity index (χ2v) is 11.0. The molecule has 4 rings (SSSR count). The minimum atomic E-state index is -0.900. The van der Waals surface area contributed by atoms with Gasteiger partial charge in [0.1, 0.15) is 17.2 Å². The highest BCUT2D eigenvalue weighted by atomic mass is 19.1. The van der Waals surface area contributed by atoms with Gasteiger partial charge in [0, 0.05) is 43.4 Å². The normalized spacial score (nSPS) is 22.6. The molecule has 2 amide bonds. The fourth-order valence-corrected chi connectivity index (χ4v) is 5.21. The summed E-state index contributed by atoms with van der Waals surface area (Å²) in [5.74, 6) is -4.01. The molecule has 1 saturated heterocycles. The van der Waals surface area contributed by atoms with Gasteiger partial charge in [0.25, 0.3) is 11.8 Å². The number of aromatic nitrogens is 1. The van der Waals surface area contributed by atoms with Crippen molar-refractivity contribution in [2.45, 2.75) is 72.0 Å². The molecule has 0 saturated carbocycles. The van der Waals surface area contributed by atoms with Crippen LogP contribution in [0.15, 0.2) is 29.2 Å². The number of rotatable bonds is 6. The molecule has 8 nitrogen and oxygen atoms in total. The van der Waals surface area contributed by atoms with Crippen LogP contribution in [0.1, 0.15) is 80.3 Å². The largest absolute Gasteiger partial charge is 0.420 e. The minimum absolute atomic E-state index is 0.0150. The van der Waals surface area contributed by atoms with Crippen LogP contribution in [-0.2, 0) is 16.9 Å². The van der Waals surface area contributed by atoms with Gasteiger partial charge in [-0.2, -0.15) is 0 Å². The zero-order chi connectivity index (χ0) is 27.9. The molecule has 0 spiro atoms. The van der Waals surface area contributed by atoms with Crippen LogP contribution in [0.25, 0.3) is 0 Å². The van der Waals surface area contributed by atoms with Crippen LogP contribution in [0, 0.1) is 23.5 Å². The molecule has 0 radical (unpaired) electrons. The first-order valence-electron chi connectivity index (χ1n) is 12.9. The summed E-state index contributed by atoms with van der Waals surface area (Å²) in [6.07, 6.45) is 2.93. The maximum Gasteiger partial charge on any atom is 0.311 e.